The molecular formula is C19H17N3O4S2. The molecule has 0 saturated heterocycles. The van der Waals surface area contributed by atoms with Gasteiger partial charge in [0.05, 0.1) is 20.4 Å². The lowest BCUT2D eigenvalue weighted by Gasteiger charge is -2.13. The summed E-state index contributed by atoms with van der Waals surface area (Å²) in [6.07, 6.45) is 0.595. The maximum absolute atomic E-state index is 12.6. The van der Waals surface area contributed by atoms with Crippen LogP contribution in [0.3, 0.4) is 0 Å². The number of anilines is 1. The highest BCUT2D eigenvalue weighted by atomic mass is 32.2. The van der Waals surface area contributed by atoms with E-state index < -0.39 is 4.92 Å². The van der Waals surface area contributed by atoms with Crippen molar-refractivity contribution in [2.45, 2.75) is 29.9 Å². The number of benzene rings is 2. The molecule has 28 heavy (non-hydrogen) atoms. The fraction of sp³-hybridized carbons (Fsp3) is 0.211. The number of aromatic nitrogens is 1. The Morgan fingerprint density at radius 2 is 1.96 bits per heavy atom. The predicted molar refractivity (Wildman–Crippen MR) is 111 cm³/mol. The van der Waals surface area contributed by atoms with Crippen molar-refractivity contribution in [2.75, 3.05) is 5.32 Å². The second kappa shape index (κ2) is 8.49. The second-order valence-corrected chi connectivity index (χ2v) is 8.51. The van der Waals surface area contributed by atoms with Crippen LogP contribution in [0.5, 0.6) is 0 Å². The van der Waals surface area contributed by atoms with E-state index >= 15 is 0 Å². The van der Waals surface area contributed by atoms with E-state index in [4.69, 9.17) is 0 Å². The number of nitrogens with one attached hydrogen (secondary N) is 1. The van der Waals surface area contributed by atoms with Gasteiger partial charge in [-0.25, -0.2) is 4.98 Å². The van der Waals surface area contributed by atoms with Crippen molar-refractivity contribution >= 4 is 56.4 Å². The molecule has 1 heterocycles. The molecule has 0 aliphatic heterocycles. The quantitative estimate of drug-likeness (QED) is 0.254. The molecule has 3 rings (SSSR count). The number of hydrogen-bond acceptors (Lipinski definition) is 7. The van der Waals surface area contributed by atoms with Gasteiger partial charge < -0.3 is 5.32 Å². The molecule has 0 bridgehead atoms. The molecule has 3 aromatic rings. The van der Waals surface area contributed by atoms with Crippen molar-refractivity contribution in [3.8, 4) is 0 Å². The van der Waals surface area contributed by atoms with Crippen molar-refractivity contribution in [1.29, 1.82) is 0 Å². The van der Waals surface area contributed by atoms with Crippen LogP contribution in [0.2, 0.25) is 0 Å². The average molecular weight is 415 g/mol. The van der Waals surface area contributed by atoms with E-state index in [0.29, 0.717) is 32.2 Å². The van der Waals surface area contributed by atoms with Gasteiger partial charge in [-0.15, -0.1) is 11.3 Å². The molecular weight excluding hydrogens is 398 g/mol. The highest BCUT2D eigenvalue weighted by Gasteiger charge is 2.21. The number of rotatable bonds is 7. The van der Waals surface area contributed by atoms with Crippen LogP contribution in [0.25, 0.3) is 10.2 Å². The number of fused-ring (bicyclic) bond motifs is 1. The minimum atomic E-state index is -0.439. The van der Waals surface area contributed by atoms with Gasteiger partial charge in [0.15, 0.2) is 10.1 Å². The Morgan fingerprint density at radius 1 is 1.25 bits per heavy atom. The lowest BCUT2D eigenvalue weighted by Crippen LogP contribution is -2.24. The predicted octanol–water partition coefficient (Wildman–Crippen LogP) is 4.92. The standard InChI is InChI=1S/C19H17N3O4S2/c1-3-16(18(24)20-13-6-4-12(5-7-13)11(2)23)27-19-21-15-9-8-14(22(25)26)10-17(15)28-19/h4-10,16H,3H2,1-2H3,(H,20,24)/t16-/m1/s1. The molecule has 1 aromatic heterocycles. The average Bonchev–Trinajstić information content (AvgIpc) is 3.08. The summed E-state index contributed by atoms with van der Waals surface area (Å²) in [5.74, 6) is -0.191. The number of amides is 1. The van der Waals surface area contributed by atoms with Gasteiger partial charge in [-0.3, -0.25) is 19.7 Å². The molecule has 0 radical (unpaired) electrons. The maximum Gasteiger partial charge on any atom is 0.270 e. The first-order chi connectivity index (χ1) is 13.4. The van der Waals surface area contributed by atoms with Crippen LogP contribution >= 0.6 is 23.1 Å². The number of thioether (sulfide) groups is 1. The zero-order valence-electron chi connectivity index (χ0n) is 15.2. The second-order valence-electron chi connectivity index (χ2n) is 6.03. The molecule has 0 aliphatic carbocycles. The van der Waals surface area contributed by atoms with Crippen LogP contribution in [0, 0.1) is 10.1 Å². The number of carbonyl (C=O) groups excluding carboxylic acids is 2. The molecule has 0 saturated carbocycles. The van der Waals surface area contributed by atoms with E-state index in [9.17, 15) is 19.7 Å². The minimum absolute atomic E-state index is 0.0199. The largest absolute Gasteiger partial charge is 0.325 e. The number of carbonyl (C=O) groups is 2. The minimum Gasteiger partial charge on any atom is -0.325 e. The van der Waals surface area contributed by atoms with E-state index in [-0.39, 0.29) is 22.6 Å². The maximum atomic E-state index is 12.6. The van der Waals surface area contributed by atoms with Crippen molar-refractivity contribution in [3.63, 3.8) is 0 Å². The van der Waals surface area contributed by atoms with Crippen molar-refractivity contribution in [2.24, 2.45) is 0 Å². The Morgan fingerprint density at radius 3 is 2.57 bits per heavy atom. The highest BCUT2D eigenvalue weighted by Crippen LogP contribution is 2.35. The highest BCUT2D eigenvalue weighted by molar-refractivity contribution is 8.02. The smallest absolute Gasteiger partial charge is 0.270 e. The van der Waals surface area contributed by atoms with Gasteiger partial charge in [0.25, 0.3) is 5.69 Å². The summed E-state index contributed by atoms with van der Waals surface area (Å²) < 4.78 is 1.40. The number of hydrogen-bond donors (Lipinski definition) is 1. The monoisotopic (exact) mass is 415 g/mol. The van der Waals surface area contributed by atoms with Crippen LogP contribution < -0.4 is 5.32 Å². The van der Waals surface area contributed by atoms with Crippen LogP contribution in [-0.2, 0) is 4.79 Å². The molecule has 1 atom stereocenters. The third-order valence-electron chi connectivity index (χ3n) is 4.03. The van der Waals surface area contributed by atoms with E-state index in [1.54, 1.807) is 30.3 Å². The van der Waals surface area contributed by atoms with E-state index in [0.717, 1.165) is 0 Å². The molecule has 0 unspecified atom stereocenters. The van der Waals surface area contributed by atoms with Gasteiger partial charge in [0, 0.05) is 23.4 Å². The molecule has 1 amide bonds. The summed E-state index contributed by atoms with van der Waals surface area (Å²) in [5, 5.41) is 13.4. The Labute approximate surface area is 169 Å². The van der Waals surface area contributed by atoms with Gasteiger partial charge >= 0.3 is 0 Å². The van der Waals surface area contributed by atoms with Crippen LogP contribution in [0.1, 0.15) is 30.6 Å². The van der Waals surface area contributed by atoms with Crippen molar-refractivity contribution in [3.05, 3.63) is 58.1 Å². The number of non-ortho nitro benzene ring substituents is 1. The fourth-order valence-electron chi connectivity index (χ4n) is 2.51. The third kappa shape index (κ3) is 4.55. The molecule has 2 aromatic carbocycles. The molecule has 1 N–H and O–H groups in total. The molecule has 9 heteroatoms. The Kier molecular flexibility index (Phi) is 6.05. The molecule has 144 valence electrons. The van der Waals surface area contributed by atoms with E-state index in [2.05, 4.69) is 10.3 Å². The van der Waals surface area contributed by atoms with Gasteiger partial charge in [0.2, 0.25) is 5.91 Å². The summed E-state index contributed by atoms with van der Waals surface area (Å²) >= 11 is 2.67. The molecule has 0 fully saturated rings. The van der Waals surface area contributed by atoms with Crippen molar-refractivity contribution in [1.82, 2.24) is 4.98 Å². The summed E-state index contributed by atoms with van der Waals surface area (Å²) in [6.45, 7) is 3.40. The number of thiazole rings is 1. The fourth-order valence-corrected chi connectivity index (χ4v) is 4.78. The zero-order chi connectivity index (χ0) is 20.3. The first-order valence-corrected chi connectivity index (χ1v) is 10.2. The van der Waals surface area contributed by atoms with Crippen LogP contribution in [0.15, 0.2) is 46.8 Å². The SMILES string of the molecule is CC[C@@H](Sc1nc2ccc([N+](=O)[O-])cc2s1)C(=O)Nc1ccc(C(C)=O)cc1. The van der Waals surface area contributed by atoms with Gasteiger partial charge in [-0.05, 0) is 43.7 Å². The number of nitrogens with zero attached hydrogens (tertiary/aromatic N) is 2. The Bertz CT molecular complexity index is 1050. The van der Waals surface area contributed by atoms with Crippen LogP contribution in [0.4, 0.5) is 11.4 Å². The molecule has 0 spiro atoms. The summed E-state index contributed by atoms with van der Waals surface area (Å²) in [5.41, 5.74) is 1.90. The topological polar surface area (TPSA) is 102 Å². The van der Waals surface area contributed by atoms with E-state index in [1.165, 1.54) is 42.2 Å². The number of nitro benzene ring substituents is 1. The molecule has 0 aliphatic rings. The van der Waals surface area contributed by atoms with Gasteiger partial charge in [0.1, 0.15) is 0 Å². The van der Waals surface area contributed by atoms with Crippen LogP contribution in [-0.4, -0.2) is 26.8 Å². The summed E-state index contributed by atoms with van der Waals surface area (Å²) in [4.78, 5) is 38.9. The number of ketones is 1. The molecule has 7 nitrogen and oxygen atoms in total. The lowest BCUT2D eigenvalue weighted by atomic mass is 10.1. The zero-order valence-corrected chi connectivity index (χ0v) is 16.8. The Balaban J connectivity index is 1.72. The van der Waals surface area contributed by atoms with Crippen molar-refractivity contribution < 1.29 is 14.5 Å². The Hall–Kier alpha value is -2.78. The van der Waals surface area contributed by atoms with Gasteiger partial charge in [-0.2, -0.15) is 0 Å². The number of Topliss-reactive ketones (excluding diaryl/α,β-unsaturated/α-hetero) is 1. The normalized spacial score (nSPS) is 11.9. The third-order valence-corrected chi connectivity index (χ3v) is 6.50. The lowest BCUT2D eigenvalue weighted by molar-refractivity contribution is -0.384. The summed E-state index contributed by atoms with van der Waals surface area (Å²) in [7, 11) is 0. The summed E-state index contributed by atoms with van der Waals surface area (Å²) in [6, 6.07) is 11.3. The first-order valence-electron chi connectivity index (χ1n) is 8.51. The number of nitro groups is 1. The van der Waals surface area contributed by atoms with E-state index in [1.807, 2.05) is 6.92 Å². The van der Waals surface area contributed by atoms with Gasteiger partial charge in [-0.1, -0.05) is 18.7 Å². The first kappa shape index (κ1) is 20.0.